The molecule has 216 valence electrons. The Morgan fingerprint density at radius 3 is 2.27 bits per heavy atom. The van der Waals surface area contributed by atoms with Gasteiger partial charge in [-0.25, -0.2) is 17.6 Å². The van der Waals surface area contributed by atoms with Crippen LogP contribution in [0.1, 0.15) is 38.5 Å². The normalized spacial score (nSPS) is 17.4. The maximum atomic E-state index is 14.9. The van der Waals surface area contributed by atoms with Gasteiger partial charge >= 0.3 is 0 Å². The highest BCUT2D eigenvalue weighted by atomic mass is 35.5. The van der Waals surface area contributed by atoms with Crippen LogP contribution in [-0.2, 0) is 22.4 Å². The minimum Gasteiger partial charge on any atom is -0.326 e. The molecule has 0 spiro atoms. The van der Waals surface area contributed by atoms with Crippen molar-refractivity contribution in [2.75, 3.05) is 5.32 Å². The molecule has 0 unspecified atom stereocenters. The molecule has 1 amide bonds. The van der Waals surface area contributed by atoms with Gasteiger partial charge in [0.15, 0.2) is 5.78 Å². The third-order valence-corrected chi connectivity index (χ3v) is 8.85. The first kappa shape index (κ1) is 31.6. The highest BCUT2D eigenvalue weighted by molar-refractivity contribution is 6.53. The Bertz CT molecular complexity index is 1580. The van der Waals surface area contributed by atoms with Gasteiger partial charge in [0, 0.05) is 35.6 Å². The summed E-state index contributed by atoms with van der Waals surface area (Å²) in [4.78, 5) is 37.6. The van der Waals surface area contributed by atoms with Crippen molar-refractivity contribution in [1.29, 1.82) is 0 Å². The average molecular weight is 670 g/mol. The number of carbonyl (C=O) groups excluding carboxylic acids is 3. The lowest BCUT2D eigenvalue weighted by Gasteiger charge is -2.13. The van der Waals surface area contributed by atoms with E-state index in [1.807, 2.05) is 0 Å². The van der Waals surface area contributed by atoms with Crippen LogP contribution in [0.4, 0.5) is 23.2 Å². The molecule has 1 fully saturated rings. The van der Waals surface area contributed by atoms with E-state index in [0.29, 0.717) is 16.1 Å². The number of amides is 1. The van der Waals surface area contributed by atoms with Gasteiger partial charge in [-0.3, -0.25) is 14.4 Å². The SMILES string of the molecule is Cc1cc(NC(=O)[C@H]2[C@H](c3ccc(Cl)c(Cl)c3)C2(Cl)Cl)cc(C(=O)Cc2c(F)ccc(CC(=O)C(F)F)c2F)c1Cl. The number of ketones is 2. The Hall–Kier alpha value is -2.36. The number of aryl methyl sites for hydroxylation is 1. The van der Waals surface area contributed by atoms with E-state index in [1.54, 1.807) is 25.1 Å². The number of hydrogen-bond acceptors (Lipinski definition) is 3. The highest BCUT2D eigenvalue weighted by Gasteiger charge is 2.67. The summed E-state index contributed by atoms with van der Waals surface area (Å²) in [6, 6.07) is 9.12. The van der Waals surface area contributed by atoms with Gasteiger partial charge < -0.3 is 5.32 Å². The first-order chi connectivity index (χ1) is 19.1. The smallest absolute Gasteiger partial charge is 0.296 e. The van der Waals surface area contributed by atoms with E-state index in [1.165, 1.54) is 12.1 Å². The second-order valence-electron chi connectivity index (χ2n) is 9.49. The molecular formula is C28H18Cl5F4NO3. The Morgan fingerprint density at radius 2 is 1.63 bits per heavy atom. The molecule has 0 aromatic heterocycles. The van der Waals surface area contributed by atoms with Crippen LogP contribution in [0.2, 0.25) is 15.1 Å². The molecule has 1 N–H and O–H groups in total. The van der Waals surface area contributed by atoms with Gasteiger partial charge in [0.1, 0.15) is 16.0 Å². The van der Waals surface area contributed by atoms with Crippen molar-refractivity contribution in [3.63, 3.8) is 0 Å². The number of carbonyl (C=O) groups is 3. The van der Waals surface area contributed by atoms with Crippen LogP contribution in [0, 0.1) is 24.5 Å². The lowest BCUT2D eigenvalue weighted by molar-refractivity contribution is -0.128. The second-order valence-corrected chi connectivity index (χ2v) is 12.1. The molecule has 2 atom stereocenters. The number of nitrogens with one attached hydrogen (secondary N) is 1. The lowest BCUT2D eigenvalue weighted by atomic mass is 9.97. The van der Waals surface area contributed by atoms with Gasteiger partial charge in [-0.2, -0.15) is 0 Å². The number of alkyl halides is 4. The monoisotopic (exact) mass is 667 g/mol. The first-order valence-corrected chi connectivity index (χ1v) is 13.8. The fourth-order valence-electron chi connectivity index (χ4n) is 4.50. The fraction of sp³-hybridized carbons (Fsp3) is 0.250. The molecule has 1 aliphatic rings. The molecule has 4 rings (SSSR count). The van der Waals surface area contributed by atoms with E-state index in [-0.39, 0.29) is 21.3 Å². The molecule has 0 saturated heterocycles. The zero-order chi connectivity index (χ0) is 30.4. The Labute approximate surface area is 256 Å². The van der Waals surface area contributed by atoms with Gasteiger partial charge in [-0.1, -0.05) is 46.9 Å². The molecule has 1 saturated carbocycles. The van der Waals surface area contributed by atoms with Crippen LogP contribution in [0.25, 0.3) is 0 Å². The molecule has 0 radical (unpaired) electrons. The van der Waals surface area contributed by atoms with Crippen molar-refractivity contribution in [2.24, 2.45) is 5.92 Å². The number of rotatable bonds is 9. The highest BCUT2D eigenvalue weighted by Crippen LogP contribution is 2.65. The van der Waals surface area contributed by atoms with E-state index >= 15 is 0 Å². The van der Waals surface area contributed by atoms with Crippen LogP contribution in [0.5, 0.6) is 0 Å². The largest absolute Gasteiger partial charge is 0.326 e. The third kappa shape index (κ3) is 6.52. The van der Waals surface area contributed by atoms with Gasteiger partial charge in [0.25, 0.3) is 6.43 Å². The van der Waals surface area contributed by atoms with Crippen molar-refractivity contribution in [1.82, 2.24) is 0 Å². The lowest BCUT2D eigenvalue weighted by Crippen LogP contribution is -2.18. The van der Waals surface area contributed by atoms with Crippen molar-refractivity contribution >= 4 is 81.2 Å². The number of benzene rings is 3. The number of hydrogen-bond donors (Lipinski definition) is 1. The Kier molecular flexibility index (Phi) is 9.31. The number of Topliss-reactive ketones (excluding diaryl/α,β-unsaturated/α-hetero) is 2. The van der Waals surface area contributed by atoms with E-state index in [9.17, 15) is 31.9 Å². The quantitative estimate of drug-likeness (QED) is 0.141. The molecular weight excluding hydrogens is 652 g/mol. The summed E-state index contributed by atoms with van der Waals surface area (Å²) in [5, 5.41) is 3.19. The molecule has 41 heavy (non-hydrogen) atoms. The Morgan fingerprint density at radius 1 is 0.951 bits per heavy atom. The summed E-state index contributed by atoms with van der Waals surface area (Å²) in [5.41, 5.74) is -0.251. The first-order valence-electron chi connectivity index (χ1n) is 11.9. The molecule has 0 aliphatic heterocycles. The van der Waals surface area contributed by atoms with Crippen molar-refractivity contribution in [3.05, 3.63) is 97.0 Å². The maximum Gasteiger partial charge on any atom is 0.296 e. The third-order valence-electron chi connectivity index (χ3n) is 6.67. The topological polar surface area (TPSA) is 63.2 Å². The molecule has 1 aliphatic carbocycles. The van der Waals surface area contributed by atoms with Crippen LogP contribution < -0.4 is 5.32 Å². The zero-order valence-electron chi connectivity index (χ0n) is 20.8. The van der Waals surface area contributed by atoms with E-state index in [4.69, 9.17) is 58.0 Å². The van der Waals surface area contributed by atoms with E-state index in [2.05, 4.69) is 5.32 Å². The molecule has 13 heteroatoms. The number of anilines is 1. The number of halogens is 9. The van der Waals surface area contributed by atoms with Crippen LogP contribution >= 0.6 is 58.0 Å². The molecule has 3 aromatic carbocycles. The van der Waals surface area contributed by atoms with Gasteiger partial charge in [0.2, 0.25) is 11.7 Å². The van der Waals surface area contributed by atoms with Crippen LogP contribution in [-0.4, -0.2) is 28.2 Å². The minimum absolute atomic E-state index is 0.0259. The van der Waals surface area contributed by atoms with Gasteiger partial charge in [0.05, 0.1) is 21.0 Å². The zero-order valence-corrected chi connectivity index (χ0v) is 24.6. The van der Waals surface area contributed by atoms with Gasteiger partial charge in [-0.15, -0.1) is 23.2 Å². The van der Waals surface area contributed by atoms with Crippen molar-refractivity contribution in [3.8, 4) is 0 Å². The molecule has 3 aromatic rings. The molecule has 0 heterocycles. The van der Waals surface area contributed by atoms with Crippen LogP contribution in [0.15, 0.2) is 42.5 Å². The average Bonchev–Trinajstić information content (AvgIpc) is 3.48. The summed E-state index contributed by atoms with van der Waals surface area (Å²) in [6.07, 6.45) is -5.14. The minimum atomic E-state index is -3.33. The molecule has 4 nitrogen and oxygen atoms in total. The fourth-order valence-corrected chi connectivity index (χ4v) is 5.85. The summed E-state index contributed by atoms with van der Waals surface area (Å²) >= 11 is 31.2. The summed E-state index contributed by atoms with van der Waals surface area (Å²) in [6.45, 7) is 1.55. The predicted octanol–water partition coefficient (Wildman–Crippen LogP) is 8.56. The summed E-state index contributed by atoms with van der Waals surface area (Å²) < 4.78 is 53.2. The standard InChI is InChI=1S/C28H18Cl5F4NO3/c1-11-6-14(38-27(41)23-22(28(23,32)33)12-2-4-17(29)18(30)7-12)9-16(24(11)31)20(39)10-15-19(34)5-3-13(25(15)35)8-21(40)26(36)37/h2-7,9,22-23,26H,8,10H2,1H3,(H,38,41)/t22-,23+/m0/s1. The van der Waals surface area contributed by atoms with Crippen molar-refractivity contribution in [2.45, 2.75) is 36.4 Å². The summed E-state index contributed by atoms with van der Waals surface area (Å²) in [5.74, 6) is -6.83. The van der Waals surface area contributed by atoms with Gasteiger partial charge in [-0.05, 0) is 53.9 Å². The molecule has 0 bridgehead atoms. The Balaban J connectivity index is 1.56. The maximum absolute atomic E-state index is 14.9. The van der Waals surface area contributed by atoms with E-state index < -0.39 is 75.7 Å². The van der Waals surface area contributed by atoms with Crippen LogP contribution in [0.3, 0.4) is 0 Å². The predicted molar refractivity (Wildman–Crippen MR) is 151 cm³/mol. The second kappa shape index (κ2) is 12.1. The van der Waals surface area contributed by atoms with Crippen molar-refractivity contribution < 1.29 is 31.9 Å². The summed E-state index contributed by atoms with van der Waals surface area (Å²) in [7, 11) is 0. The van der Waals surface area contributed by atoms with E-state index in [0.717, 1.165) is 12.1 Å².